The Morgan fingerprint density at radius 2 is 1.60 bits per heavy atom. The molecule has 15 heavy (non-hydrogen) atoms. The van der Waals surface area contributed by atoms with Gasteiger partial charge >= 0.3 is 0 Å². The Kier molecular flexibility index (Phi) is 2.30. The summed E-state index contributed by atoms with van der Waals surface area (Å²) in [5, 5.41) is 2.82. The lowest BCUT2D eigenvalue weighted by Crippen LogP contribution is -2.45. The van der Waals surface area contributed by atoms with Crippen molar-refractivity contribution in [3.8, 4) is 0 Å². The molecule has 0 aromatic carbocycles. The maximum absolute atomic E-state index is 12.4. The summed E-state index contributed by atoms with van der Waals surface area (Å²) < 4.78 is 26.5. The van der Waals surface area contributed by atoms with Crippen molar-refractivity contribution in [1.29, 1.82) is 0 Å². The Morgan fingerprint density at radius 3 is 2.00 bits per heavy atom. The summed E-state index contributed by atoms with van der Waals surface area (Å²) in [5.74, 6) is 0. The second kappa shape index (κ2) is 3.43. The van der Waals surface area contributed by atoms with E-state index in [1.54, 1.807) is 0 Å². The van der Waals surface area contributed by atoms with Gasteiger partial charge < -0.3 is 0 Å². The summed E-state index contributed by atoms with van der Waals surface area (Å²) in [6.07, 6.45) is 6.07. The fraction of sp³-hybridized carbons (Fsp3) is 1.00. The van der Waals surface area contributed by atoms with Crippen LogP contribution in [0.2, 0.25) is 0 Å². The number of nitrogens with one attached hydrogen (secondary N) is 1. The van der Waals surface area contributed by atoms with Gasteiger partial charge in [0, 0.05) is 12.1 Å². The van der Waals surface area contributed by atoms with Crippen molar-refractivity contribution in [2.75, 3.05) is 6.54 Å². The SMILES string of the molecule is O=S(=O)(C1CCCN1)N(C1CC1)C1CC1. The summed E-state index contributed by atoms with van der Waals surface area (Å²) in [4.78, 5) is 0. The van der Waals surface area contributed by atoms with Gasteiger partial charge in [-0.2, -0.15) is 4.31 Å². The third kappa shape index (κ3) is 1.81. The van der Waals surface area contributed by atoms with Gasteiger partial charge in [0.2, 0.25) is 10.0 Å². The Labute approximate surface area is 91.1 Å². The third-order valence-corrected chi connectivity index (χ3v) is 5.79. The highest BCUT2D eigenvalue weighted by molar-refractivity contribution is 7.89. The molecule has 5 heteroatoms. The van der Waals surface area contributed by atoms with Crippen LogP contribution in [-0.2, 0) is 10.0 Å². The highest BCUT2D eigenvalue weighted by Crippen LogP contribution is 2.40. The predicted molar refractivity (Wildman–Crippen MR) is 57.8 cm³/mol. The molecule has 3 fully saturated rings. The van der Waals surface area contributed by atoms with Crippen LogP contribution < -0.4 is 5.32 Å². The fourth-order valence-corrected chi connectivity index (χ4v) is 4.77. The minimum Gasteiger partial charge on any atom is -0.300 e. The monoisotopic (exact) mass is 230 g/mol. The largest absolute Gasteiger partial charge is 0.300 e. The smallest absolute Gasteiger partial charge is 0.230 e. The Bertz CT molecular complexity index is 328. The molecular weight excluding hydrogens is 212 g/mol. The summed E-state index contributed by atoms with van der Waals surface area (Å²) in [6.45, 7) is 0.854. The summed E-state index contributed by atoms with van der Waals surface area (Å²) in [7, 11) is -3.05. The first-order valence-corrected chi connectivity index (χ1v) is 7.45. The standard InChI is InChI=1S/C10H18N2O2S/c13-15(14,10-2-1-7-11-10)12(8-3-4-8)9-5-6-9/h8-11H,1-7H2. The van der Waals surface area contributed by atoms with Crippen LogP contribution in [0.5, 0.6) is 0 Å². The van der Waals surface area contributed by atoms with E-state index in [0.29, 0.717) is 12.1 Å². The predicted octanol–water partition coefficient (Wildman–Crippen LogP) is 0.652. The zero-order valence-corrected chi connectivity index (χ0v) is 9.67. The molecule has 2 aliphatic carbocycles. The first kappa shape index (κ1) is 10.1. The molecule has 4 nitrogen and oxygen atoms in total. The van der Waals surface area contributed by atoms with Crippen molar-refractivity contribution in [2.45, 2.75) is 56.0 Å². The molecule has 1 aliphatic heterocycles. The quantitative estimate of drug-likeness (QED) is 0.771. The van der Waals surface area contributed by atoms with Crippen LogP contribution >= 0.6 is 0 Å². The number of hydrogen-bond acceptors (Lipinski definition) is 3. The van der Waals surface area contributed by atoms with Crippen LogP contribution in [-0.4, -0.2) is 36.7 Å². The van der Waals surface area contributed by atoms with Gasteiger partial charge in [-0.15, -0.1) is 0 Å². The fourth-order valence-electron chi connectivity index (χ4n) is 2.43. The van der Waals surface area contributed by atoms with Crippen LogP contribution in [0.1, 0.15) is 38.5 Å². The Hall–Kier alpha value is -0.130. The Morgan fingerprint density at radius 1 is 1.00 bits per heavy atom. The van der Waals surface area contributed by atoms with Crippen molar-refractivity contribution < 1.29 is 8.42 Å². The summed E-state index contributed by atoms with van der Waals surface area (Å²) >= 11 is 0. The van der Waals surface area contributed by atoms with Gasteiger partial charge in [0.1, 0.15) is 5.37 Å². The first-order chi connectivity index (χ1) is 7.19. The average molecular weight is 230 g/mol. The molecule has 1 heterocycles. The van der Waals surface area contributed by atoms with E-state index in [-0.39, 0.29) is 5.37 Å². The number of rotatable bonds is 4. The molecule has 0 amide bonds. The van der Waals surface area contributed by atoms with Crippen molar-refractivity contribution >= 4 is 10.0 Å². The molecular formula is C10H18N2O2S. The van der Waals surface area contributed by atoms with Crippen molar-refractivity contribution in [1.82, 2.24) is 9.62 Å². The molecule has 0 spiro atoms. The minimum absolute atomic E-state index is 0.293. The highest BCUT2D eigenvalue weighted by atomic mass is 32.2. The minimum atomic E-state index is -3.05. The van der Waals surface area contributed by atoms with Crippen molar-refractivity contribution in [2.24, 2.45) is 0 Å². The second-order valence-corrected chi connectivity index (χ2v) is 6.94. The molecule has 86 valence electrons. The summed E-state index contributed by atoms with van der Waals surface area (Å²) in [6, 6.07) is 0.676. The van der Waals surface area contributed by atoms with E-state index < -0.39 is 10.0 Å². The van der Waals surface area contributed by atoms with Gasteiger partial charge in [0.25, 0.3) is 0 Å². The van der Waals surface area contributed by atoms with Crippen molar-refractivity contribution in [3.63, 3.8) is 0 Å². The van der Waals surface area contributed by atoms with E-state index in [4.69, 9.17) is 0 Å². The Balaban J connectivity index is 1.81. The molecule has 1 atom stereocenters. The molecule has 2 saturated carbocycles. The topological polar surface area (TPSA) is 49.4 Å². The summed E-state index contributed by atoms with van der Waals surface area (Å²) in [5.41, 5.74) is 0. The molecule has 0 radical (unpaired) electrons. The molecule has 1 N–H and O–H groups in total. The van der Waals surface area contributed by atoms with Gasteiger partial charge in [-0.05, 0) is 45.1 Å². The average Bonchev–Trinajstić information content (AvgIpc) is 3.11. The second-order valence-electron chi connectivity index (χ2n) is 4.92. The van der Waals surface area contributed by atoms with Gasteiger partial charge in [-0.25, -0.2) is 8.42 Å². The molecule has 0 aromatic heterocycles. The van der Waals surface area contributed by atoms with Crippen LogP contribution in [0.25, 0.3) is 0 Å². The highest BCUT2D eigenvalue weighted by Gasteiger charge is 2.48. The van der Waals surface area contributed by atoms with Crippen LogP contribution in [0.4, 0.5) is 0 Å². The zero-order chi connectivity index (χ0) is 10.5. The lowest BCUT2D eigenvalue weighted by molar-refractivity contribution is 0.386. The maximum Gasteiger partial charge on any atom is 0.230 e. The van der Waals surface area contributed by atoms with E-state index in [1.165, 1.54) is 0 Å². The lowest BCUT2D eigenvalue weighted by atomic mass is 10.4. The number of sulfonamides is 1. The molecule has 3 rings (SSSR count). The molecule has 1 saturated heterocycles. The van der Waals surface area contributed by atoms with Gasteiger partial charge in [0.05, 0.1) is 0 Å². The van der Waals surface area contributed by atoms with Gasteiger partial charge in [-0.1, -0.05) is 0 Å². The normalized spacial score (nSPS) is 32.5. The molecule has 0 bridgehead atoms. The van der Waals surface area contributed by atoms with Gasteiger partial charge in [0.15, 0.2) is 0 Å². The first-order valence-electron chi connectivity index (χ1n) is 5.95. The molecule has 0 aromatic rings. The molecule has 3 aliphatic rings. The van der Waals surface area contributed by atoms with Crippen LogP contribution in [0.3, 0.4) is 0 Å². The van der Waals surface area contributed by atoms with Crippen LogP contribution in [0.15, 0.2) is 0 Å². The maximum atomic E-state index is 12.4. The van der Waals surface area contributed by atoms with E-state index in [1.807, 2.05) is 4.31 Å². The van der Waals surface area contributed by atoms with Crippen LogP contribution in [0, 0.1) is 0 Å². The third-order valence-electron chi connectivity index (χ3n) is 3.48. The zero-order valence-electron chi connectivity index (χ0n) is 8.85. The molecule has 1 unspecified atom stereocenters. The van der Waals surface area contributed by atoms with E-state index in [9.17, 15) is 8.42 Å². The van der Waals surface area contributed by atoms with Gasteiger partial charge in [-0.3, -0.25) is 5.32 Å². The van der Waals surface area contributed by atoms with Crippen molar-refractivity contribution in [3.05, 3.63) is 0 Å². The van der Waals surface area contributed by atoms with E-state index in [0.717, 1.165) is 45.1 Å². The lowest BCUT2D eigenvalue weighted by Gasteiger charge is -2.25. The number of hydrogen-bond donors (Lipinski definition) is 1. The van der Waals surface area contributed by atoms with E-state index >= 15 is 0 Å². The van der Waals surface area contributed by atoms with E-state index in [2.05, 4.69) is 5.32 Å². The number of nitrogens with zero attached hydrogens (tertiary/aromatic N) is 1.